The Bertz CT molecular complexity index is 456. The molecule has 0 aromatic heterocycles. The minimum absolute atomic E-state index is 0.285. The first-order chi connectivity index (χ1) is 7.75. The Hall–Kier alpha value is -1.49. The van der Waals surface area contributed by atoms with Gasteiger partial charge in [0, 0.05) is 10.7 Å². The van der Waals surface area contributed by atoms with Gasteiger partial charge < -0.3 is 9.47 Å². The predicted molar refractivity (Wildman–Crippen MR) is 57.2 cm³/mol. The van der Waals surface area contributed by atoms with Crippen LogP contribution in [0.3, 0.4) is 0 Å². The second kappa shape index (κ2) is 3.25. The van der Waals surface area contributed by atoms with Crippen molar-refractivity contribution in [2.45, 2.75) is 0 Å². The molecule has 0 unspecified atom stereocenters. The van der Waals surface area contributed by atoms with Gasteiger partial charge in [0.1, 0.15) is 0 Å². The van der Waals surface area contributed by atoms with Crippen molar-refractivity contribution in [1.82, 2.24) is 0 Å². The SMILES string of the molecule is O=C1OCOC(=O)C12C=CC=C1SCC=C12. The molecular weight excluding hydrogens is 228 g/mol. The maximum absolute atomic E-state index is 11.9. The zero-order valence-electron chi connectivity index (χ0n) is 8.26. The van der Waals surface area contributed by atoms with Crippen LogP contribution < -0.4 is 0 Å². The van der Waals surface area contributed by atoms with Crippen LogP contribution in [0, 0.1) is 5.41 Å². The highest BCUT2D eigenvalue weighted by Crippen LogP contribution is 2.48. The molecule has 3 aliphatic rings. The molecule has 0 amide bonds. The maximum Gasteiger partial charge on any atom is 0.334 e. The van der Waals surface area contributed by atoms with E-state index in [0.717, 1.165) is 10.7 Å². The second-order valence-corrected chi connectivity index (χ2v) is 4.67. The van der Waals surface area contributed by atoms with Crippen molar-refractivity contribution in [3.05, 3.63) is 34.8 Å². The highest BCUT2D eigenvalue weighted by molar-refractivity contribution is 8.03. The Morgan fingerprint density at radius 2 is 2.00 bits per heavy atom. The average molecular weight is 236 g/mol. The molecule has 2 heterocycles. The van der Waals surface area contributed by atoms with Crippen molar-refractivity contribution < 1.29 is 19.1 Å². The number of cyclic esters (lactones) is 2. The quantitative estimate of drug-likeness (QED) is 0.466. The third kappa shape index (κ3) is 1.06. The van der Waals surface area contributed by atoms with E-state index in [1.807, 2.05) is 12.2 Å². The van der Waals surface area contributed by atoms with E-state index in [1.54, 1.807) is 23.9 Å². The molecule has 0 atom stereocenters. The van der Waals surface area contributed by atoms with Crippen LogP contribution in [0.1, 0.15) is 0 Å². The van der Waals surface area contributed by atoms with Crippen LogP contribution in [0.5, 0.6) is 0 Å². The highest BCUT2D eigenvalue weighted by Gasteiger charge is 2.55. The summed E-state index contributed by atoms with van der Waals surface area (Å²) in [5, 5.41) is 0. The Labute approximate surface area is 96.0 Å². The molecule has 1 fully saturated rings. The summed E-state index contributed by atoms with van der Waals surface area (Å²) >= 11 is 1.60. The number of allylic oxidation sites excluding steroid dienone is 3. The predicted octanol–water partition coefficient (Wildman–Crippen LogP) is 1.16. The van der Waals surface area contributed by atoms with Crippen LogP contribution >= 0.6 is 11.8 Å². The number of fused-ring (bicyclic) bond motifs is 2. The smallest absolute Gasteiger partial charge is 0.334 e. The minimum atomic E-state index is -1.36. The van der Waals surface area contributed by atoms with Crippen LogP contribution in [0.25, 0.3) is 0 Å². The molecule has 0 bridgehead atoms. The summed E-state index contributed by atoms with van der Waals surface area (Å²) < 4.78 is 9.68. The van der Waals surface area contributed by atoms with Gasteiger partial charge in [-0.05, 0) is 11.6 Å². The standard InChI is InChI=1S/C11H8O4S/c12-9-11(10(13)15-6-14-9)4-1-2-8-7(11)3-5-16-8/h1-4H,5-6H2. The summed E-state index contributed by atoms with van der Waals surface area (Å²) in [4.78, 5) is 24.7. The lowest BCUT2D eigenvalue weighted by atomic mass is 9.76. The maximum atomic E-state index is 11.9. The van der Waals surface area contributed by atoms with E-state index in [-0.39, 0.29) is 6.79 Å². The molecule has 1 spiro atoms. The molecular formula is C11H8O4S. The minimum Gasteiger partial charge on any atom is -0.427 e. The van der Waals surface area contributed by atoms with E-state index in [2.05, 4.69) is 0 Å². The molecule has 1 aliphatic carbocycles. The van der Waals surface area contributed by atoms with Gasteiger partial charge in [0.2, 0.25) is 12.2 Å². The topological polar surface area (TPSA) is 52.6 Å². The molecule has 82 valence electrons. The van der Waals surface area contributed by atoms with Gasteiger partial charge in [0.05, 0.1) is 0 Å². The first-order valence-corrected chi connectivity index (χ1v) is 5.81. The summed E-state index contributed by atoms with van der Waals surface area (Å²) in [6.07, 6.45) is 7.04. The second-order valence-electron chi connectivity index (χ2n) is 3.61. The van der Waals surface area contributed by atoms with Crippen LogP contribution in [-0.2, 0) is 19.1 Å². The fourth-order valence-electron chi connectivity index (χ4n) is 2.06. The molecule has 0 saturated carbocycles. The van der Waals surface area contributed by atoms with Gasteiger partial charge in [-0.2, -0.15) is 0 Å². The molecule has 5 heteroatoms. The number of carbonyl (C=O) groups is 2. The summed E-state index contributed by atoms with van der Waals surface area (Å²) in [7, 11) is 0. The Kier molecular flexibility index (Phi) is 1.97. The van der Waals surface area contributed by atoms with E-state index in [4.69, 9.17) is 9.47 Å². The lowest BCUT2D eigenvalue weighted by Gasteiger charge is -2.33. The molecule has 0 radical (unpaired) electrons. The first kappa shape index (κ1) is 9.72. The molecule has 16 heavy (non-hydrogen) atoms. The van der Waals surface area contributed by atoms with E-state index >= 15 is 0 Å². The van der Waals surface area contributed by atoms with Crippen molar-refractivity contribution in [3.8, 4) is 0 Å². The Morgan fingerprint density at radius 3 is 2.75 bits per heavy atom. The molecule has 2 aliphatic heterocycles. The van der Waals surface area contributed by atoms with Gasteiger partial charge in [0.15, 0.2) is 0 Å². The van der Waals surface area contributed by atoms with E-state index < -0.39 is 17.4 Å². The zero-order valence-corrected chi connectivity index (χ0v) is 9.08. The molecule has 3 rings (SSSR count). The van der Waals surface area contributed by atoms with Crippen LogP contribution in [0.15, 0.2) is 34.8 Å². The molecule has 4 nitrogen and oxygen atoms in total. The lowest BCUT2D eigenvalue weighted by Crippen LogP contribution is -2.47. The van der Waals surface area contributed by atoms with Crippen molar-refractivity contribution in [3.63, 3.8) is 0 Å². The largest absolute Gasteiger partial charge is 0.427 e. The zero-order chi connectivity index (χ0) is 11.2. The van der Waals surface area contributed by atoms with Gasteiger partial charge >= 0.3 is 11.9 Å². The number of ether oxygens (including phenoxy) is 2. The van der Waals surface area contributed by atoms with Gasteiger partial charge in [-0.3, -0.25) is 9.59 Å². The number of carbonyl (C=O) groups excluding carboxylic acids is 2. The summed E-state index contributed by atoms with van der Waals surface area (Å²) in [6, 6.07) is 0. The normalized spacial score (nSPS) is 25.8. The molecule has 0 aromatic rings. The van der Waals surface area contributed by atoms with Crippen LogP contribution in [0.4, 0.5) is 0 Å². The van der Waals surface area contributed by atoms with E-state index in [1.165, 1.54) is 0 Å². The summed E-state index contributed by atoms with van der Waals surface area (Å²) in [6.45, 7) is -0.285. The third-order valence-corrected chi connectivity index (χ3v) is 3.83. The Balaban J connectivity index is 2.16. The van der Waals surface area contributed by atoms with E-state index in [0.29, 0.717) is 5.57 Å². The lowest BCUT2D eigenvalue weighted by molar-refractivity contribution is -0.194. The van der Waals surface area contributed by atoms with Crippen LogP contribution in [0.2, 0.25) is 0 Å². The number of hydrogen-bond donors (Lipinski definition) is 0. The monoisotopic (exact) mass is 236 g/mol. The van der Waals surface area contributed by atoms with E-state index in [9.17, 15) is 9.59 Å². The number of esters is 2. The van der Waals surface area contributed by atoms with Gasteiger partial charge in [-0.15, -0.1) is 11.8 Å². The average Bonchev–Trinajstić information content (AvgIpc) is 2.74. The van der Waals surface area contributed by atoms with Crippen LogP contribution in [-0.4, -0.2) is 24.5 Å². The van der Waals surface area contributed by atoms with Gasteiger partial charge in [0.25, 0.3) is 0 Å². The first-order valence-electron chi connectivity index (χ1n) is 4.83. The van der Waals surface area contributed by atoms with Crippen molar-refractivity contribution in [1.29, 1.82) is 0 Å². The molecule has 1 saturated heterocycles. The number of thioether (sulfide) groups is 1. The fourth-order valence-corrected chi connectivity index (χ4v) is 3.06. The Morgan fingerprint density at radius 1 is 1.25 bits per heavy atom. The number of rotatable bonds is 0. The fraction of sp³-hybridized carbons (Fsp3) is 0.273. The molecule has 0 N–H and O–H groups in total. The van der Waals surface area contributed by atoms with Gasteiger partial charge in [-0.1, -0.05) is 18.2 Å². The highest BCUT2D eigenvalue weighted by atomic mass is 32.2. The van der Waals surface area contributed by atoms with Crippen molar-refractivity contribution in [2.24, 2.45) is 5.41 Å². The van der Waals surface area contributed by atoms with Gasteiger partial charge in [-0.25, -0.2) is 0 Å². The van der Waals surface area contributed by atoms with Crippen molar-refractivity contribution >= 4 is 23.7 Å². The molecule has 0 aromatic carbocycles. The third-order valence-electron chi connectivity index (χ3n) is 2.83. The summed E-state index contributed by atoms with van der Waals surface area (Å²) in [5.74, 6) is -0.316. The number of hydrogen-bond acceptors (Lipinski definition) is 5. The summed E-state index contributed by atoms with van der Waals surface area (Å²) in [5.41, 5.74) is -0.652. The van der Waals surface area contributed by atoms with Crippen molar-refractivity contribution in [2.75, 3.05) is 12.5 Å².